The summed E-state index contributed by atoms with van der Waals surface area (Å²) in [5, 5.41) is 13.5. The zero-order valence-corrected chi connectivity index (χ0v) is 14.5. The van der Waals surface area contributed by atoms with Crippen molar-refractivity contribution in [3.63, 3.8) is 0 Å². The Kier molecular flexibility index (Phi) is 7.39. The van der Waals surface area contributed by atoms with E-state index in [9.17, 15) is 9.50 Å². The van der Waals surface area contributed by atoms with Gasteiger partial charge in [0.1, 0.15) is 0 Å². The third-order valence-electron chi connectivity index (χ3n) is 4.44. The molecule has 1 heterocycles. The SMILES string of the molecule is Cc1cc(F)c(O)c([C@H](CC2CC2)N2CCNCC2)c1.Cl.Cl. The van der Waals surface area contributed by atoms with Gasteiger partial charge in [0, 0.05) is 37.8 Å². The second-order valence-electron chi connectivity index (χ2n) is 6.17. The minimum absolute atomic E-state index is 0. The van der Waals surface area contributed by atoms with Gasteiger partial charge in [-0.25, -0.2) is 4.39 Å². The highest BCUT2D eigenvalue weighted by Crippen LogP contribution is 2.43. The van der Waals surface area contributed by atoms with E-state index < -0.39 is 5.82 Å². The van der Waals surface area contributed by atoms with Crippen molar-refractivity contribution in [3.05, 3.63) is 29.1 Å². The Morgan fingerprint density at radius 2 is 1.91 bits per heavy atom. The summed E-state index contributed by atoms with van der Waals surface area (Å²) in [5.74, 6) is 0.105. The molecule has 1 aromatic rings. The highest BCUT2D eigenvalue weighted by Gasteiger charge is 2.32. The first-order valence-corrected chi connectivity index (χ1v) is 7.59. The van der Waals surface area contributed by atoms with E-state index in [1.165, 1.54) is 18.9 Å². The molecule has 22 heavy (non-hydrogen) atoms. The fraction of sp³-hybridized carbons (Fsp3) is 0.625. The van der Waals surface area contributed by atoms with Gasteiger partial charge in [0.05, 0.1) is 0 Å². The van der Waals surface area contributed by atoms with Crippen LogP contribution < -0.4 is 5.32 Å². The molecule has 1 atom stereocenters. The molecule has 126 valence electrons. The van der Waals surface area contributed by atoms with Crippen molar-refractivity contribution in [1.29, 1.82) is 0 Å². The van der Waals surface area contributed by atoms with Gasteiger partial charge in [-0.1, -0.05) is 18.9 Å². The van der Waals surface area contributed by atoms with Crippen LogP contribution in [0.4, 0.5) is 4.39 Å². The highest BCUT2D eigenvalue weighted by molar-refractivity contribution is 5.85. The average Bonchev–Trinajstić information content (AvgIpc) is 3.25. The van der Waals surface area contributed by atoms with Gasteiger partial charge in [-0.05, 0) is 30.9 Å². The second-order valence-corrected chi connectivity index (χ2v) is 6.17. The maximum absolute atomic E-state index is 13.8. The average molecular weight is 351 g/mol. The highest BCUT2D eigenvalue weighted by atomic mass is 35.5. The minimum atomic E-state index is -0.490. The lowest BCUT2D eigenvalue weighted by molar-refractivity contribution is 0.157. The Labute approximate surface area is 144 Å². The van der Waals surface area contributed by atoms with E-state index in [-0.39, 0.29) is 36.6 Å². The van der Waals surface area contributed by atoms with Crippen LogP contribution in [-0.2, 0) is 0 Å². The van der Waals surface area contributed by atoms with Crippen LogP contribution in [-0.4, -0.2) is 36.2 Å². The van der Waals surface area contributed by atoms with Crippen molar-refractivity contribution in [2.45, 2.75) is 32.2 Å². The van der Waals surface area contributed by atoms with Crippen molar-refractivity contribution >= 4 is 24.8 Å². The van der Waals surface area contributed by atoms with Gasteiger partial charge in [0.15, 0.2) is 11.6 Å². The summed E-state index contributed by atoms with van der Waals surface area (Å²) in [6, 6.07) is 3.51. The molecule has 1 saturated heterocycles. The van der Waals surface area contributed by atoms with Crippen LogP contribution >= 0.6 is 24.8 Å². The van der Waals surface area contributed by atoms with Crippen molar-refractivity contribution in [3.8, 4) is 5.75 Å². The molecule has 0 bridgehead atoms. The van der Waals surface area contributed by atoms with Crippen molar-refractivity contribution in [1.82, 2.24) is 10.2 Å². The molecule has 2 fully saturated rings. The Balaban J connectivity index is 0.00000121. The molecular weight excluding hydrogens is 326 g/mol. The molecule has 0 radical (unpaired) electrons. The smallest absolute Gasteiger partial charge is 0.165 e. The van der Waals surface area contributed by atoms with Crippen LogP contribution in [0.5, 0.6) is 5.75 Å². The summed E-state index contributed by atoms with van der Waals surface area (Å²) in [6.07, 6.45) is 3.59. The molecule has 0 spiro atoms. The fourth-order valence-corrected chi connectivity index (χ4v) is 3.15. The number of nitrogens with one attached hydrogen (secondary N) is 1. The van der Waals surface area contributed by atoms with Gasteiger partial charge in [0.2, 0.25) is 0 Å². The number of benzene rings is 1. The van der Waals surface area contributed by atoms with Crippen molar-refractivity contribution < 1.29 is 9.50 Å². The first kappa shape index (κ1) is 19.5. The zero-order chi connectivity index (χ0) is 14.1. The Hall–Kier alpha value is -0.550. The number of halogens is 3. The third-order valence-corrected chi connectivity index (χ3v) is 4.44. The van der Waals surface area contributed by atoms with E-state index in [0.717, 1.165) is 49.6 Å². The van der Waals surface area contributed by atoms with Crippen LogP contribution in [0.1, 0.15) is 36.4 Å². The summed E-state index contributed by atoms with van der Waals surface area (Å²) in [5.41, 5.74) is 1.66. The van der Waals surface area contributed by atoms with Crippen LogP contribution in [0.15, 0.2) is 12.1 Å². The Morgan fingerprint density at radius 1 is 1.27 bits per heavy atom. The molecule has 0 unspecified atom stereocenters. The molecule has 1 aliphatic carbocycles. The van der Waals surface area contributed by atoms with Crippen LogP contribution in [0.2, 0.25) is 0 Å². The number of piperazine rings is 1. The van der Waals surface area contributed by atoms with Crippen LogP contribution in [0.25, 0.3) is 0 Å². The first-order chi connectivity index (χ1) is 9.65. The minimum Gasteiger partial charge on any atom is -0.505 e. The van der Waals surface area contributed by atoms with E-state index in [1.807, 2.05) is 13.0 Å². The fourth-order valence-electron chi connectivity index (χ4n) is 3.15. The molecule has 2 N–H and O–H groups in total. The molecule has 1 saturated carbocycles. The maximum Gasteiger partial charge on any atom is 0.165 e. The maximum atomic E-state index is 13.8. The topological polar surface area (TPSA) is 35.5 Å². The van der Waals surface area contributed by atoms with E-state index >= 15 is 0 Å². The quantitative estimate of drug-likeness (QED) is 0.873. The molecule has 3 nitrogen and oxygen atoms in total. The molecule has 1 aromatic carbocycles. The number of hydrogen-bond donors (Lipinski definition) is 2. The summed E-state index contributed by atoms with van der Waals surface area (Å²) in [6.45, 7) is 5.75. The monoisotopic (exact) mass is 350 g/mol. The van der Waals surface area contributed by atoms with Gasteiger partial charge in [-0.2, -0.15) is 0 Å². The summed E-state index contributed by atoms with van der Waals surface area (Å²) in [4.78, 5) is 2.39. The number of nitrogens with zero attached hydrogens (tertiary/aromatic N) is 1. The number of rotatable bonds is 4. The number of phenolic OH excluding ortho intramolecular Hbond substituents is 1. The van der Waals surface area contributed by atoms with Gasteiger partial charge < -0.3 is 10.4 Å². The Bertz CT molecular complexity index is 491. The van der Waals surface area contributed by atoms with Crippen molar-refractivity contribution in [2.24, 2.45) is 5.92 Å². The predicted molar refractivity (Wildman–Crippen MR) is 91.8 cm³/mol. The van der Waals surface area contributed by atoms with Crippen LogP contribution in [0, 0.1) is 18.7 Å². The van der Waals surface area contributed by atoms with E-state index in [2.05, 4.69) is 10.2 Å². The van der Waals surface area contributed by atoms with E-state index in [0.29, 0.717) is 0 Å². The lowest BCUT2D eigenvalue weighted by Gasteiger charge is -2.35. The lowest BCUT2D eigenvalue weighted by Crippen LogP contribution is -2.45. The van der Waals surface area contributed by atoms with Gasteiger partial charge in [0.25, 0.3) is 0 Å². The summed E-state index contributed by atoms with van der Waals surface area (Å²) >= 11 is 0. The normalized spacial score (nSPS) is 19.9. The number of aryl methyl sites for hydroxylation is 1. The molecule has 0 aromatic heterocycles. The molecular formula is C16H25Cl2FN2O. The van der Waals surface area contributed by atoms with Gasteiger partial charge in [-0.3, -0.25) is 4.90 Å². The largest absolute Gasteiger partial charge is 0.505 e. The van der Waals surface area contributed by atoms with Crippen molar-refractivity contribution in [2.75, 3.05) is 26.2 Å². The number of phenols is 1. The summed E-state index contributed by atoms with van der Waals surface area (Å²) in [7, 11) is 0. The molecule has 1 aliphatic heterocycles. The third kappa shape index (κ3) is 4.48. The van der Waals surface area contributed by atoms with Gasteiger partial charge in [-0.15, -0.1) is 24.8 Å². The second kappa shape index (κ2) is 8.34. The summed E-state index contributed by atoms with van der Waals surface area (Å²) < 4.78 is 13.8. The van der Waals surface area contributed by atoms with Crippen LogP contribution in [0.3, 0.4) is 0 Å². The van der Waals surface area contributed by atoms with Gasteiger partial charge >= 0.3 is 0 Å². The predicted octanol–water partition coefficient (Wildman–Crippen LogP) is 3.43. The first-order valence-electron chi connectivity index (χ1n) is 7.59. The number of hydrogen-bond acceptors (Lipinski definition) is 3. The van der Waals surface area contributed by atoms with E-state index in [1.54, 1.807) is 0 Å². The molecule has 0 amide bonds. The number of aromatic hydroxyl groups is 1. The van der Waals surface area contributed by atoms with E-state index in [4.69, 9.17) is 0 Å². The lowest BCUT2D eigenvalue weighted by atomic mass is 9.96. The Morgan fingerprint density at radius 3 is 2.50 bits per heavy atom. The molecule has 3 rings (SSSR count). The molecule has 2 aliphatic rings. The standard InChI is InChI=1S/C16H23FN2O.2ClH/c1-11-8-13(16(20)14(17)9-11)15(10-12-2-3-12)19-6-4-18-5-7-19;;/h8-9,12,15,18,20H,2-7,10H2,1H3;2*1H/t15-;;/m0../s1. The molecule has 6 heteroatoms. The zero-order valence-electron chi connectivity index (χ0n) is 12.8.